The van der Waals surface area contributed by atoms with E-state index in [1.54, 1.807) is 32.0 Å². The fraction of sp³-hybridized carbons (Fsp3) is 0.333. The molecule has 9 heteroatoms. The van der Waals surface area contributed by atoms with Gasteiger partial charge in [0, 0.05) is 12.1 Å². The Bertz CT molecular complexity index is 1060. The smallest absolute Gasteiger partial charge is 0.238 e. The summed E-state index contributed by atoms with van der Waals surface area (Å²) in [6.07, 6.45) is 1.21. The molecule has 0 aliphatic heterocycles. The van der Waals surface area contributed by atoms with E-state index in [1.807, 2.05) is 12.1 Å². The van der Waals surface area contributed by atoms with E-state index in [-0.39, 0.29) is 10.9 Å². The summed E-state index contributed by atoms with van der Waals surface area (Å²) in [5.41, 5.74) is 2.07. The van der Waals surface area contributed by atoms with Gasteiger partial charge in [-0.2, -0.15) is 0 Å². The monoisotopic (exact) mass is 410 g/mol. The molecule has 2 aromatic rings. The average Bonchev–Trinajstić information content (AvgIpc) is 2.95. The van der Waals surface area contributed by atoms with Gasteiger partial charge >= 0.3 is 0 Å². The molecule has 1 aliphatic carbocycles. The molecule has 0 radical (unpaired) electrons. The highest BCUT2D eigenvalue weighted by molar-refractivity contribution is 7.90. The van der Waals surface area contributed by atoms with Crippen LogP contribution in [0.3, 0.4) is 0 Å². The Balaban J connectivity index is 1.75. The third kappa shape index (κ3) is 4.67. The Hall–Kier alpha value is -1.94. The summed E-state index contributed by atoms with van der Waals surface area (Å²) in [7, 11) is -7.13. The molecule has 27 heavy (non-hydrogen) atoms. The third-order valence-electron chi connectivity index (χ3n) is 4.43. The van der Waals surface area contributed by atoms with Crippen LogP contribution in [0.1, 0.15) is 25.0 Å². The lowest BCUT2D eigenvalue weighted by Gasteiger charge is -2.14. The average molecular weight is 411 g/mol. The highest BCUT2D eigenvalue weighted by Gasteiger charge is 2.27. The maximum atomic E-state index is 12.1. The number of hydrogen-bond acceptors (Lipinski definition) is 5. The molecule has 0 aromatic heterocycles. The molecule has 0 fully saturated rings. The number of hydrogen-bond donors (Lipinski definition) is 2. The molecule has 3 N–H and O–H groups in total. The zero-order chi connectivity index (χ0) is 19.8. The van der Waals surface area contributed by atoms with Crippen LogP contribution in [0, 0.1) is 0 Å². The Morgan fingerprint density at radius 1 is 1.00 bits per heavy atom. The number of rotatable bonds is 6. The molecule has 2 aromatic carbocycles. The minimum absolute atomic E-state index is 0.0238. The van der Waals surface area contributed by atoms with Gasteiger partial charge in [-0.15, -0.1) is 0 Å². The number of benzene rings is 2. The van der Waals surface area contributed by atoms with Crippen molar-refractivity contribution in [3.05, 3.63) is 53.6 Å². The molecule has 0 amide bonds. The molecule has 0 heterocycles. The van der Waals surface area contributed by atoms with Gasteiger partial charge < -0.3 is 4.74 Å². The zero-order valence-electron chi connectivity index (χ0n) is 15.0. The van der Waals surface area contributed by atoms with Gasteiger partial charge in [0.05, 0.1) is 10.1 Å². The van der Waals surface area contributed by atoms with Crippen LogP contribution in [0.15, 0.2) is 47.4 Å². The van der Waals surface area contributed by atoms with Crippen LogP contribution in [0.4, 0.5) is 0 Å². The first kappa shape index (κ1) is 19.8. The van der Waals surface area contributed by atoms with Gasteiger partial charge in [-0.05, 0) is 62.1 Å². The first-order valence-electron chi connectivity index (χ1n) is 8.48. The van der Waals surface area contributed by atoms with Crippen LogP contribution < -0.4 is 14.6 Å². The molecular formula is C18H22N2O5S2. The van der Waals surface area contributed by atoms with E-state index >= 15 is 0 Å². The lowest BCUT2D eigenvalue weighted by atomic mass is 10.1. The summed E-state index contributed by atoms with van der Waals surface area (Å²) in [4.78, 5) is -0.0238. The highest BCUT2D eigenvalue weighted by atomic mass is 32.2. The minimum Gasteiger partial charge on any atom is -0.457 e. The second-order valence-electron chi connectivity index (χ2n) is 6.87. The molecule has 1 unspecified atom stereocenters. The molecule has 1 aliphatic rings. The second kappa shape index (κ2) is 7.23. The van der Waals surface area contributed by atoms with Crippen molar-refractivity contribution in [1.82, 2.24) is 4.72 Å². The van der Waals surface area contributed by atoms with Crippen molar-refractivity contribution in [2.45, 2.75) is 42.9 Å². The molecule has 0 saturated heterocycles. The van der Waals surface area contributed by atoms with Crippen molar-refractivity contribution in [2.75, 3.05) is 0 Å². The van der Waals surface area contributed by atoms with Gasteiger partial charge in [-0.25, -0.2) is 26.7 Å². The van der Waals surface area contributed by atoms with E-state index in [0.717, 1.165) is 11.1 Å². The highest BCUT2D eigenvalue weighted by Crippen LogP contribution is 2.30. The Labute approximate surface area is 159 Å². The van der Waals surface area contributed by atoms with E-state index < -0.39 is 25.3 Å². The van der Waals surface area contributed by atoms with Crippen LogP contribution in [0.2, 0.25) is 0 Å². The van der Waals surface area contributed by atoms with Crippen LogP contribution >= 0.6 is 0 Å². The van der Waals surface area contributed by atoms with Gasteiger partial charge in [0.2, 0.25) is 20.0 Å². The van der Waals surface area contributed by atoms with Crippen LogP contribution in [0.5, 0.6) is 11.5 Å². The molecule has 146 valence electrons. The summed E-state index contributed by atoms with van der Waals surface area (Å²) in [6.45, 7) is 3.29. The summed E-state index contributed by atoms with van der Waals surface area (Å²) in [6, 6.07) is 11.3. The number of primary sulfonamides is 1. The molecule has 1 atom stereocenters. The fourth-order valence-corrected chi connectivity index (χ4v) is 4.41. The number of sulfonamides is 2. The first-order valence-corrected chi connectivity index (χ1v) is 11.6. The minimum atomic E-state index is -3.80. The maximum absolute atomic E-state index is 12.1. The van der Waals surface area contributed by atoms with E-state index in [1.165, 1.54) is 12.1 Å². The van der Waals surface area contributed by atoms with E-state index in [4.69, 9.17) is 9.88 Å². The third-order valence-corrected chi connectivity index (χ3v) is 7.25. The predicted molar refractivity (Wildman–Crippen MR) is 103 cm³/mol. The van der Waals surface area contributed by atoms with Crippen molar-refractivity contribution >= 4 is 20.0 Å². The molecular weight excluding hydrogens is 388 g/mol. The first-order chi connectivity index (χ1) is 12.5. The maximum Gasteiger partial charge on any atom is 0.238 e. The van der Waals surface area contributed by atoms with Gasteiger partial charge in [0.1, 0.15) is 11.5 Å². The van der Waals surface area contributed by atoms with E-state index in [0.29, 0.717) is 24.3 Å². The Kier molecular flexibility index (Phi) is 5.31. The fourth-order valence-electron chi connectivity index (χ4n) is 2.96. The second-order valence-corrected chi connectivity index (χ2v) is 10.7. The molecule has 0 spiro atoms. The summed E-state index contributed by atoms with van der Waals surface area (Å²) in [5.74, 6) is 0.907. The quantitative estimate of drug-likeness (QED) is 0.755. The number of ether oxygens (including phenoxy) is 1. The van der Waals surface area contributed by atoms with Crippen LogP contribution in [-0.4, -0.2) is 28.1 Å². The summed E-state index contributed by atoms with van der Waals surface area (Å²) < 4.78 is 55.5. The Morgan fingerprint density at radius 2 is 1.67 bits per heavy atom. The van der Waals surface area contributed by atoms with Crippen molar-refractivity contribution in [3.8, 4) is 11.5 Å². The van der Waals surface area contributed by atoms with Crippen molar-refractivity contribution in [1.29, 1.82) is 0 Å². The van der Waals surface area contributed by atoms with Crippen LogP contribution in [0.25, 0.3) is 0 Å². The largest absolute Gasteiger partial charge is 0.457 e. The Morgan fingerprint density at radius 3 is 2.33 bits per heavy atom. The zero-order valence-corrected chi connectivity index (χ0v) is 16.7. The lowest BCUT2D eigenvalue weighted by Crippen LogP contribution is -2.39. The van der Waals surface area contributed by atoms with Crippen molar-refractivity contribution < 1.29 is 21.6 Å². The molecule has 3 rings (SSSR count). The van der Waals surface area contributed by atoms with E-state index in [2.05, 4.69) is 4.72 Å². The SMILES string of the molecule is CC(C)S(=O)(=O)NC1Cc2ccc(Oc3cccc(S(N)(=O)=O)c3)cc2C1. The van der Waals surface area contributed by atoms with Crippen molar-refractivity contribution in [3.63, 3.8) is 0 Å². The van der Waals surface area contributed by atoms with Gasteiger partial charge in [0.15, 0.2) is 0 Å². The van der Waals surface area contributed by atoms with Gasteiger partial charge in [0.25, 0.3) is 0 Å². The predicted octanol–water partition coefficient (Wildman–Crippen LogP) is 1.92. The number of nitrogens with one attached hydrogen (secondary N) is 1. The molecule has 7 nitrogen and oxygen atoms in total. The number of fused-ring (bicyclic) bond motifs is 1. The molecule has 0 saturated carbocycles. The standard InChI is InChI=1S/C18H22N2O5S2/c1-12(2)27(23,24)20-15-8-13-6-7-17(10-14(13)9-15)25-16-4-3-5-18(11-16)26(19,21)22/h3-7,10-12,15,20H,8-9H2,1-2H3,(H2,19,21,22). The van der Waals surface area contributed by atoms with Gasteiger partial charge in [-0.3, -0.25) is 0 Å². The summed E-state index contributed by atoms with van der Waals surface area (Å²) in [5, 5.41) is 4.66. The topological polar surface area (TPSA) is 116 Å². The number of nitrogens with two attached hydrogens (primary N) is 1. The van der Waals surface area contributed by atoms with E-state index in [9.17, 15) is 16.8 Å². The van der Waals surface area contributed by atoms with Crippen LogP contribution in [-0.2, 0) is 32.9 Å². The normalized spacial score (nSPS) is 17.1. The van der Waals surface area contributed by atoms with Crippen molar-refractivity contribution in [2.24, 2.45) is 5.14 Å². The summed E-state index contributed by atoms with van der Waals surface area (Å²) >= 11 is 0. The van der Waals surface area contributed by atoms with Gasteiger partial charge in [-0.1, -0.05) is 12.1 Å². The molecule has 0 bridgehead atoms. The lowest BCUT2D eigenvalue weighted by molar-refractivity contribution is 0.480.